The van der Waals surface area contributed by atoms with E-state index in [1.807, 2.05) is 4.90 Å². The maximum Gasteiger partial charge on any atom is 0.323 e. The lowest BCUT2D eigenvalue weighted by atomic mass is 10.2. The van der Waals surface area contributed by atoms with Crippen LogP contribution < -0.4 is 0 Å². The van der Waals surface area contributed by atoms with Crippen molar-refractivity contribution in [2.24, 2.45) is 0 Å². The average Bonchev–Trinajstić information content (AvgIpc) is 2.93. The van der Waals surface area contributed by atoms with Crippen molar-refractivity contribution in [3.63, 3.8) is 0 Å². The quantitative estimate of drug-likeness (QED) is 0.764. The van der Waals surface area contributed by atoms with Crippen LogP contribution in [0.25, 0.3) is 0 Å². The molecule has 0 aromatic heterocycles. The number of carbonyl (C=O) groups excluding carboxylic acids is 1. The van der Waals surface area contributed by atoms with E-state index in [1.54, 1.807) is 18.2 Å². The molecule has 0 N–H and O–H groups in total. The molecule has 0 aliphatic carbocycles. The zero-order valence-electron chi connectivity index (χ0n) is 11.9. The van der Waals surface area contributed by atoms with Crippen LogP contribution in [0.2, 0.25) is 5.02 Å². The summed E-state index contributed by atoms with van der Waals surface area (Å²) in [5.41, 5.74) is 0. The van der Waals surface area contributed by atoms with Crippen LogP contribution in [0.5, 0.6) is 0 Å². The van der Waals surface area contributed by atoms with Gasteiger partial charge in [-0.15, -0.1) is 0 Å². The molecule has 0 bridgehead atoms. The lowest BCUT2D eigenvalue weighted by Crippen LogP contribution is -2.52. The van der Waals surface area contributed by atoms with Gasteiger partial charge in [0, 0.05) is 37.6 Å². The van der Waals surface area contributed by atoms with E-state index in [0.29, 0.717) is 44.2 Å². The fourth-order valence-electron chi connectivity index (χ4n) is 2.85. The van der Waals surface area contributed by atoms with Gasteiger partial charge in [-0.25, -0.2) is 8.42 Å². The summed E-state index contributed by atoms with van der Waals surface area (Å²) in [7, 11) is -3.54. The number of rotatable bonds is 3. The highest BCUT2D eigenvalue weighted by Crippen LogP contribution is 2.22. The Kier molecular flexibility index (Phi) is 4.40. The summed E-state index contributed by atoms with van der Waals surface area (Å²) in [5.74, 6) is -0.203. The first kappa shape index (κ1) is 15.7. The summed E-state index contributed by atoms with van der Waals surface area (Å²) in [6.07, 6.45) is 0.680. The van der Waals surface area contributed by atoms with Crippen molar-refractivity contribution in [1.82, 2.24) is 9.21 Å². The van der Waals surface area contributed by atoms with Gasteiger partial charge < -0.3 is 4.74 Å². The number of halogens is 1. The van der Waals surface area contributed by atoms with Crippen molar-refractivity contribution in [1.29, 1.82) is 0 Å². The standard InChI is InChI=1S/C14H17ClN2O4S/c15-11-2-1-3-12(10-11)22(19,20)17-7-5-16(6-8-17)13-4-9-21-14(13)18/h1-3,10,13H,4-9H2/t13-/m1/s1. The molecule has 0 amide bonds. The summed E-state index contributed by atoms with van der Waals surface area (Å²) in [5, 5.41) is 0.397. The fraction of sp³-hybridized carbons (Fsp3) is 0.500. The molecule has 22 heavy (non-hydrogen) atoms. The number of nitrogens with zero attached hydrogens (tertiary/aromatic N) is 2. The summed E-state index contributed by atoms with van der Waals surface area (Å²) in [6.45, 7) is 2.22. The molecule has 0 saturated carbocycles. The number of sulfonamides is 1. The van der Waals surface area contributed by atoms with Gasteiger partial charge in [0.15, 0.2) is 0 Å². The molecule has 0 spiro atoms. The predicted octanol–water partition coefficient (Wildman–Crippen LogP) is 0.962. The highest BCUT2D eigenvalue weighted by atomic mass is 35.5. The zero-order valence-corrected chi connectivity index (χ0v) is 13.5. The minimum Gasteiger partial charge on any atom is -0.464 e. The van der Waals surface area contributed by atoms with Gasteiger partial charge in [0.25, 0.3) is 0 Å². The first-order valence-electron chi connectivity index (χ1n) is 7.15. The van der Waals surface area contributed by atoms with Crippen LogP contribution in [0, 0.1) is 0 Å². The van der Waals surface area contributed by atoms with E-state index in [1.165, 1.54) is 10.4 Å². The third-order valence-corrected chi connectivity index (χ3v) is 6.19. The molecule has 2 aliphatic heterocycles. The van der Waals surface area contributed by atoms with Crippen LogP contribution in [0.3, 0.4) is 0 Å². The van der Waals surface area contributed by atoms with Gasteiger partial charge in [0.2, 0.25) is 10.0 Å². The molecule has 3 rings (SSSR count). The highest BCUT2D eigenvalue weighted by molar-refractivity contribution is 7.89. The number of hydrogen-bond acceptors (Lipinski definition) is 5. The molecule has 1 aromatic rings. The Morgan fingerprint density at radius 1 is 1.18 bits per heavy atom. The van der Waals surface area contributed by atoms with Gasteiger partial charge >= 0.3 is 5.97 Å². The van der Waals surface area contributed by atoms with Crippen molar-refractivity contribution in [3.05, 3.63) is 29.3 Å². The number of cyclic esters (lactones) is 1. The van der Waals surface area contributed by atoms with Gasteiger partial charge in [-0.05, 0) is 18.2 Å². The van der Waals surface area contributed by atoms with Gasteiger partial charge in [-0.3, -0.25) is 9.69 Å². The van der Waals surface area contributed by atoms with E-state index >= 15 is 0 Å². The van der Waals surface area contributed by atoms with Crippen LogP contribution in [0.15, 0.2) is 29.2 Å². The number of carbonyl (C=O) groups is 1. The Labute approximate surface area is 134 Å². The number of benzene rings is 1. The molecule has 0 radical (unpaired) electrons. The van der Waals surface area contributed by atoms with Gasteiger partial charge in [0.1, 0.15) is 6.04 Å². The van der Waals surface area contributed by atoms with Gasteiger partial charge in [-0.1, -0.05) is 17.7 Å². The number of ether oxygens (including phenoxy) is 1. The summed E-state index contributed by atoms with van der Waals surface area (Å²) >= 11 is 5.87. The molecular weight excluding hydrogens is 328 g/mol. The number of esters is 1. The van der Waals surface area contributed by atoms with E-state index in [2.05, 4.69) is 0 Å². The second-order valence-corrected chi connectivity index (χ2v) is 7.74. The van der Waals surface area contributed by atoms with Crippen LogP contribution in [0.4, 0.5) is 0 Å². The summed E-state index contributed by atoms with van der Waals surface area (Å²) in [6, 6.07) is 6.04. The van der Waals surface area contributed by atoms with E-state index < -0.39 is 10.0 Å². The monoisotopic (exact) mass is 344 g/mol. The van der Waals surface area contributed by atoms with Crippen LogP contribution in [0.1, 0.15) is 6.42 Å². The van der Waals surface area contributed by atoms with Gasteiger partial charge in [0.05, 0.1) is 11.5 Å². The highest BCUT2D eigenvalue weighted by Gasteiger charge is 2.36. The lowest BCUT2D eigenvalue weighted by Gasteiger charge is -2.35. The number of hydrogen-bond donors (Lipinski definition) is 0. The SMILES string of the molecule is O=C1OCC[C@H]1N1CCN(S(=O)(=O)c2cccc(Cl)c2)CC1. The molecule has 120 valence electrons. The first-order chi connectivity index (χ1) is 10.5. The van der Waals surface area contributed by atoms with E-state index in [0.717, 1.165) is 0 Å². The lowest BCUT2D eigenvalue weighted by molar-refractivity contribution is -0.142. The van der Waals surface area contributed by atoms with E-state index in [9.17, 15) is 13.2 Å². The Bertz CT molecular complexity index is 671. The molecule has 2 saturated heterocycles. The zero-order chi connectivity index (χ0) is 15.7. The van der Waals surface area contributed by atoms with Crippen molar-refractivity contribution < 1.29 is 17.9 Å². The second-order valence-electron chi connectivity index (χ2n) is 5.37. The molecule has 6 nitrogen and oxygen atoms in total. The van der Waals surface area contributed by atoms with E-state index in [4.69, 9.17) is 16.3 Å². The molecule has 8 heteroatoms. The normalized spacial score (nSPS) is 24.4. The Balaban J connectivity index is 1.69. The van der Waals surface area contributed by atoms with E-state index in [-0.39, 0.29) is 16.9 Å². The van der Waals surface area contributed by atoms with Crippen LogP contribution in [-0.4, -0.2) is 62.4 Å². The molecular formula is C14H17ClN2O4S. The molecule has 1 aromatic carbocycles. The molecule has 2 fully saturated rings. The number of piperazine rings is 1. The maximum absolute atomic E-state index is 12.6. The van der Waals surface area contributed by atoms with Crippen molar-refractivity contribution >= 4 is 27.6 Å². The largest absolute Gasteiger partial charge is 0.464 e. The first-order valence-corrected chi connectivity index (χ1v) is 8.97. The average molecular weight is 345 g/mol. The fourth-order valence-corrected chi connectivity index (χ4v) is 4.57. The minimum absolute atomic E-state index is 0.203. The Morgan fingerprint density at radius 3 is 2.50 bits per heavy atom. The molecule has 2 heterocycles. The van der Waals surface area contributed by atoms with Gasteiger partial charge in [-0.2, -0.15) is 4.31 Å². The van der Waals surface area contributed by atoms with Crippen LogP contribution >= 0.6 is 11.6 Å². The summed E-state index contributed by atoms with van der Waals surface area (Å²) < 4.78 is 31.6. The Morgan fingerprint density at radius 2 is 1.91 bits per heavy atom. The molecule has 1 atom stereocenters. The van der Waals surface area contributed by atoms with Crippen molar-refractivity contribution in [2.75, 3.05) is 32.8 Å². The maximum atomic E-state index is 12.6. The smallest absolute Gasteiger partial charge is 0.323 e. The Hall–Kier alpha value is -1.15. The third-order valence-electron chi connectivity index (χ3n) is 4.06. The molecule has 0 unspecified atom stereocenters. The van der Waals surface area contributed by atoms with Crippen LogP contribution in [-0.2, 0) is 19.6 Å². The topological polar surface area (TPSA) is 66.9 Å². The third kappa shape index (κ3) is 2.99. The minimum atomic E-state index is -3.54. The van der Waals surface area contributed by atoms with Crippen molar-refractivity contribution in [2.45, 2.75) is 17.4 Å². The van der Waals surface area contributed by atoms with Crippen molar-refractivity contribution in [3.8, 4) is 0 Å². The second kappa shape index (κ2) is 6.16. The predicted molar refractivity (Wildman–Crippen MR) is 81.1 cm³/mol. The summed E-state index contributed by atoms with van der Waals surface area (Å²) in [4.78, 5) is 13.8. The molecule has 2 aliphatic rings.